The van der Waals surface area contributed by atoms with Gasteiger partial charge in [-0.15, -0.1) is 0 Å². The van der Waals surface area contributed by atoms with Crippen LogP contribution in [0.3, 0.4) is 0 Å². The molecule has 1 N–H and O–H groups in total. The number of nitrogens with one attached hydrogen (secondary N) is 1. The summed E-state index contributed by atoms with van der Waals surface area (Å²) < 4.78 is 4.67. The third-order valence-electron chi connectivity index (χ3n) is 3.43. The predicted molar refractivity (Wildman–Crippen MR) is 84.3 cm³/mol. The molecule has 0 fully saturated rings. The van der Waals surface area contributed by atoms with Crippen molar-refractivity contribution < 1.29 is 14.3 Å². The Morgan fingerprint density at radius 2 is 1.62 bits per heavy atom. The van der Waals surface area contributed by atoms with Gasteiger partial charge in [-0.05, 0) is 37.3 Å². The van der Waals surface area contributed by atoms with Crippen molar-refractivity contribution in [1.29, 1.82) is 0 Å². The summed E-state index contributed by atoms with van der Waals surface area (Å²) in [4.78, 5) is 23.6. The molecule has 116 valence electrons. The topological polar surface area (TPSA) is 55.4 Å². The molecule has 0 saturated heterocycles. The number of benzene rings is 1. The Morgan fingerprint density at radius 3 is 2.10 bits per heavy atom. The van der Waals surface area contributed by atoms with Crippen molar-refractivity contribution in [2.45, 2.75) is 47.5 Å². The van der Waals surface area contributed by atoms with Gasteiger partial charge in [0, 0.05) is 12.1 Å². The van der Waals surface area contributed by atoms with E-state index in [4.69, 9.17) is 0 Å². The lowest BCUT2D eigenvalue weighted by molar-refractivity contribution is -0.143. The molecular weight excluding hydrogens is 266 g/mol. The third kappa shape index (κ3) is 5.21. The van der Waals surface area contributed by atoms with Crippen LogP contribution in [-0.4, -0.2) is 19.0 Å². The fraction of sp³-hybridized carbons (Fsp3) is 0.529. The highest BCUT2D eigenvalue weighted by molar-refractivity contribution is 5.93. The molecule has 0 aromatic heterocycles. The SMILES string of the molecule is COC(=O)CC(C)(C)CC(=O)Nc1c(C)cc(C)cc1C. The van der Waals surface area contributed by atoms with Crippen LogP contribution in [0.15, 0.2) is 12.1 Å². The van der Waals surface area contributed by atoms with Gasteiger partial charge in [-0.3, -0.25) is 9.59 Å². The van der Waals surface area contributed by atoms with E-state index in [1.54, 1.807) is 0 Å². The van der Waals surface area contributed by atoms with Gasteiger partial charge in [0.05, 0.1) is 13.5 Å². The minimum Gasteiger partial charge on any atom is -0.469 e. The first-order valence-corrected chi connectivity index (χ1v) is 7.09. The van der Waals surface area contributed by atoms with Gasteiger partial charge in [-0.1, -0.05) is 31.5 Å². The Morgan fingerprint density at radius 1 is 1.10 bits per heavy atom. The number of amides is 1. The fourth-order valence-electron chi connectivity index (χ4n) is 2.52. The largest absolute Gasteiger partial charge is 0.469 e. The number of anilines is 1. The number of aryl methyl sites for hydroxylation is 3. The highest BCUT2D eigenvalue weighted by Crippen LogP contribution is 2.28. The van der Waals surface area contributed by atoms with Gasteiger partial charge in [0.1, 0.15) is 0 Å². The predicted octanol–water partition coefficient (Wildman–Crippen LogP) is 3.53. The van der Waals surface area contributed by atoms with E-state index in [1.807, 2.05) is 46.8 Å². The molecule has 1 amide bonds. The summed E-state index contributed by atoms with van der Waals surface area (Å²) in [7, 11) is 1.36. The smallest absolute Gasteiger partial charge is 0.306 e. The van der Waals surface area contributed by atoms with Crippen LogP contribution in [0.5, 0.6) is 0 Å². The van der Waals surface area contributed by atoms with Crippen LogP contribution in [-0.2, 0) is 14.3 Å². The van der Waals surface area contributed by atoms with Gasteiger partial charge in [0.25, 0.3) is 0 Å². The number of rotatable bonds is 5. The maximum absolute atomic E-state index is 12.2. The maximum atomic E-state index is 12.2. The molecule has 0 spiro atoms. The summed E-state index contributed by atoms with van der Waals surface area (Å²) in [6, 6.07) is 4.09. The van der Waals surface area contributed by atoms with Crippen LogP contribution in [0, 0.1) is 26.2 Å². The molecule has 1 rings (SSSR count). The van der Waals surface area contributed by atoms with E-state index in [0.29, 0.717) is 0 Å². The summed E-state index contributed by atoms with van der Waals surface area (Å²) in [6.45, 7) is 9.77. The number of hydrogen-bond acceptors (Lipinski definition) is 3. The van der Waals surface area contributed by atoms with Crippen LogP contribution >= 0.6 is 0 Å². The quantitative estimate of drug-likeness (QED) is 0.844. The second-order valence-electron chi connectivity index (χ2n) is 6.42. The molecule has 0 unspecified atom stereocenters. The standard InChI is InChI=1S/C17H25NO3/c1-11-7-12(2)16(13(3)8-11)18-14(19)9-17(4,5)10-15(20)21-6/h7-8H,9-10H2,1-6H3,(H,18,19). The highest BCUT2D eigenvalue weighted by atomic mass is 16.5. The average Bonchev–Trinajstić information content (AvgIpc) is 2.32. The first-order chi connectivity index (χ1) is 9.64. The van der Waals surface area contributed by atoms with Crippen molar-refractivity contribution in [3.63, 3.8) is 0 Å². The third-order valence-corrected chi connectivity index (χ3v) is 3.43. The summed E-state index contributed by atoms with van der Waals surface area (Å²) in [5, 5.41) is 2.96. The minimum absolute atomic E-state index is 0.0843. The number of esters is 1. The summed E-state index contributed by atoms with van der Waals surface area (Å²) in [5.74, 6) is -0.380. The molecule has 0 saturated carbocycles. The van der Waals surface area contributed by atoms with Crippen molar-refractivity contribution in [3.05, 3.63) is 28.8 Å². The first-order valence-electron chi connectivity index (χ1n) is 7.09. The zero-order valence-electron chi connectivity index (χ0n) is 13.8. The van der Waals surface area contributed by atoms with Crippen molar-refractivity contribution in [1.82, 2.24) is 0 Å². The van der Waals surface area contributed by atoms with E-state index in [-0.39, 0.29) is 24.7 Å². The highest BCUT2D eigenvalue weighted by Gasteiger charge is 2.26. The van der Waals surface area contributed by atoms with Gasteiger partial charge in [-0.2, -0.15) is 0 Å². The lowest BCUT2D eigenvalue weighted by atomic mass is 9.85. The molecule has 21 heavy (non-hydrogen) atoms. The Balaban J connectivity index is 2.76. The minimum atomic E-state index is -0.427. The molecule has 4 nitrogen and oxygen atoms in total. The zero-order chi connectivity index (χ0) is 16.2. The number of methoxy groups -OCH3 is 1. The average molecular weight is 291 g/mol. The van der Waals surface area contributed by atoms with Crippen molar-refractivity contribution >= 4 is 17.6 Å². The van der Waals surface area contributed by atoms with Crippen LogP contribution in [0.4, 0.5) is 5.69 Å². The molecule has 0 aliphatic carbocycles. The summed E-state index contributed by atoms with van der Waals surface area (Å²) >= 11 is 0. The number of carbonyl (C=O) groups is 2. The van der Waals surface area contributed by atoms with Crippen molar-refractivity contribution in [2.24, 2.45) is 5.41 Å². The molecule has 1 aromatic rings. The van der Waals surface area contributed by atoms with E-state index < -0.39 is 5.41 Å². The van der Waals surface area contributed by atoms with Crippen molar-refractivity contribution in [2.75, 3.05) is 12.4 Å². The molecule has 0 heterocycles. The second kappa shape index (κ2) is 6.74. The van der Waals surface area contributed by atoms with Gasteiger partial charge in [0.2, 0.25) is 5.91 Å². The van der Waals surface area contributed by atoms with Gasteiger partial charge < -0.3 is 10.1 Å². The molecule has 1 aromatic carbocycles. The monoisotopic (exact) mass is 291 g/mol. The Hall–Kier alpha value is -1.84. The molecule has 0 aliphatic heterocycles. The van der Waals surface area contributed by atoms with Crippen LogP contribution < -0.4 is 5.32 Å². The molecule has 4 heteroatoms. The zero-order valence-corrected chi connectivity index (χ0v) is 13.8. The van der Waals surface area contributed by atoms with Gasteiger partial charge >= 0.3 is 5.97 Å². The summed E-state index contributed by atoms with van der Waals surface area (Å²) in [6.07, 6.45) is 0.498. The molecular formula is C17H25NO3. The van der Waals surface area contributed by atoms with Crippen LogP contribution in [0.1, 0.15) is 43.4 Å². The lowest BCUT2D eigenvalue weighted by Crippen LogP contribution is -2.25. The Labute approximate surface area is 126 Å². The first kappa shape index (κ1) is 17.2. The number of carbonyl (C=O) groups excluding carboxylic acids is 2. The van der Waals surface area contributed by atoms with E-state index in [0.717, 1.165) is 16.8 Å². The van der Waals surface area contributed by atoms with Gasteiger partial charge in [0.15, 0.2) is 0 Å². The normalized spacial score (nSPS) is 11.1. The molecule has 0 aliphatic rings. The molecule has 0 bridgehead atoms. The maximum Gasteiger partial charge on any atom is 0.306 e. The van der Waals surface area contributed by atoms with E-state index in [2.05, 4.69) is 10.1 Å². The summed E-state index contributed by atoms with van der Waals surface area (Å²) in [5.41, 5.74) is 3.70. The Bertz CT molecular complexity index is 524. The van der Waals surface area contributed by atoms with Crippen LogP contribution in [0.2, 0.25) is 0 Å². The van der Waals surface area contributed by atoms with Gasteiger partial charge in [-0.25, -0.2) is 0 Å². The number of hydrogen-bond donors (Lipinski definition) is 1. The number of ether oxygens (including phenoxy) is 1. The van der Waals surface area contributed by atoms with E-state index in [9.17, 15) is 9.59 Å². The fourth-order valence-corrected chi connectivity index (χ4v) is 2.52. The second-order valence-corrected chi connectivity index (χ2v) is 6.42. The van der Waals surface area contributed by atoms with E-state index >= 15 is 0 Å². The Kier molecular flexibility index (Phi) is 5.53. The lowest BCUT2D eigenvalue weighted by Gasteiger charge is -2.23. The van der Waals surface area contributed by atoms with Crippen LogP contribution in [0.25, 0.3) is 0 Å². The van der Waals surface area contributed by atoms with E-state index in [1.165, 1.54) is 12.7 Å². The molecule has 0 atom stereocenters. The molecule has 0 radical (unpaired) electrons. The van der Waals surface area contributed by atoms with Crippen molar-refractivity contribution in [3.8, 4) is 0 Å².